The maximum atomic E-state index is 13.8. The van der Waals surface area contributed by atoms with Crippen LogP contribution >= 0.6 is 0 Å². The minimum absolute atomic E-state index is 0.181. The Hall–Kier alpha value is -5.37. The molecular weight excluding hydrogens is 560 g/mol. The molecule has 0 amide bonds. The zero-order valence-corrected chi connectivity index (χ0v) is 22.6. The van der Waals surface area contributed by atoms with E-state index < -0.39 is 35.8 Å². The highest BCUT2D eigenvalue weighted by Gasteiger charge is 2.10. The zero-order chi connectivity index (χ0) is 30.3. The number of carboxylic acids is 1. The second kappa shape index (κ2) is 13.1. The molecule has 0 atom stereocenters. The summed E-state index contributed by atoms with van der Waals surface area (Å²) in [5.74, 6) is -3.83. The largest absolute Gasteiger partial charge is 0.490 e. The fourth-order valence-electron chi connectivity index (χ4n) is 4.44. The summed E-state index contributed by atoms with van der Waals surface area (Å²) in [4.78, 5) is 10.7. The van der Waals surface area contributed by atoms with Crippen molar-refractivity contribution < 1.29 is 36.9 Å². The Balaban J connectivity index is 1.41. The summed E-state index contributed by atoms with van der Waals surface area (Å²) in [6.07, 6.45) is 1.88. The first-order valence-electron chi connectivity index (χ1n) is 13.2. The third-order valence-corrected chi connectivity index (χ3v) is 6.62. The summed E-state index contributed by atoms with van der Waals surface area (Å²) >= 11 is 0. The van der Waals surface area contributed by atoms with Crippen LogP contribution in [-0.2, 0) is 4.79 Å². The zero-order valence-electron chi connectivity index (χ0n) is 22.6. The molecule has 1 N–H and O–H groups in total. The lowest BCUT2D eigenvalue weighted by atomic mass is 9.94. The number of carbonyl (C=O) groups is 1. The van der Waals surface area contributed by atoms with Gasteiger partial charge in [0.05, 0.1) is 0 Å². The lowest BCUT2D eigenvalue weighted by Crippen LogP contribution is -2.09. The normalized spacial score (nSPS) is 10.7. The Kier molecular flexibility index (Phi) is 8.86. The molecule has 5 rings (SSSR count). The highest BCUT2D eigenvalue weighted by atomic mass is 19.2. The lowest BCUT2D eigenvalue weighted by Gasteiger charge is -2.13. The van der Waals surface area contributed by atoms with Gasteiger partial charge in [-0.05, 0) is 93.6 Å². The quantitative estimate of drug-likeness (QED) is 0.167. The number of hydrogen-bond acceptors (Lipinski definition) is 3. The molecule has 5 aromatic carbocycles. The van der Waals surface area contributed by atoms with E-state index in [1.807, 2.05) is 54.6 Å². The molecular formula is C35H24F4O4. The molecule has 0 aliphatic heterocycles. The van der Waals surface area contributed by atoms with Crippen molar-refractivity contribution >= 4 is 11.5 Å². The fourth-order valence-corrected chi connectivity index (χ4v) is 4.44. The smallest absolute Gasteiger partial charge is 0.341 e. The van der Waals surface area contributed by atoms with Crippen molar-refractivity contribution in [2.24, 2.45) is 0 Å². The fraction of sp³-hybridized carbons (Fsp3) is 0.0571. The van der Waals surface area contributed by atoms with Crippen LogP contribution in [-0.4, -0.2) is 24.3 Å². The minimum Gasteiger partial charge on any atom is -0.490 e. The number of benzene rings is 5. The van der Waals surface area contributed by atoms with E-state index in [4.69, 9.17) is 14.6 Å². The van der Waals surface area contributed by atoms with Gasteiger partial charge in [-0.1, -0.05) is 60.7 Å². The highest BCUT2D eigenvalue weighted by molar-refractivity contribution is 5.82. The van der Waals surface area contributed by atoms with Crippen molar-refractivity contribution in [2.45, 2.75) is 0 Å². The van der Waals surface area contributed by atoms with E-state index in [1.165, 1.54) is 12.1 Å². The van der Waals surface area contributed by atoms with E-state index in [2.05, 4.69) is 0 Å². The van der Waals surface area contributed by atoms with Crippen molar-refractivity contribution in [1.82, 2.24) is 0 Å². The third kappa shape index (κ3) is 7.29. The van der Waals surface area contributed by atoms with E-state index in [0.29, 0.717) is 33.8 Å². The molecule has 0 aromatic heterocycles. The molecule has 0 unspecified atom stereocenters. The van der Waals surface area contributed by atoms with Crippen LogP contribution in [0.3, 0.4) is 0 Å². The molecule has 8 heteroatoms. The third-order valence-electron chi connectivity index (χ3n) is 6.62. The maximum absolute atomic E-state index is 13.8. The predicted octanol–water partition coefficient (Wildman–Crippen LogP) is 8.55. The van der Waals surface area contributed by atoms with Gasteiger partial charge >= 0.3 is 5.97 Å². The molecule has 0 heterocycles. The number of hydrogen-bond donors (Lipinski definition) is 1. The Bertz CT molecular complexity index is 1670. The van der Waals surface area contributed by atoms with Gasteiger partial charge in [-0.3, -0.25) is 0 Å². The number of halogens is 4. The maximum Gasteiger partial charge on any atom is 0.341 e. The van der Waals surface area contributed by atoms with Crippen LogP contribution in [0.5, 0.6) is 11.5 Å². The molecule has 0 saturated carbocycles. The number of carboxylic acid groups (broad SMARTS) is 1. The van der Waals surface area contributed by atoms with E-state index in [0.717, 1.165) is 41.0 Å². The van der Waals surface area contributed by atoms with Crippen molar-refractivity contribution in [3.63, 3.8) is 0 Å². The van der Waals surface area contributed by atoms with Gasteiger partial charge in [-0.15, -0.1) is 0 Å². The predicted molar refractivity (Wildman–Crippen MR) is 156 cm³/mol. The topological polar surface area (TPSA) is 55.8 Å². The molecule has 0 spiro atoms. The van der Waals surface area contributed by atoms with E-state index in [9.17, 15) is 22.4 Å². The molecule has 216 valence electrons. The van der Waals surface area contributed by atoms with Gasteiger partial charge in [-0.2, -0.15) is 0 Å². The molecule has 0 fully saturated rings. The summed E-state index contributed by atoms with van der Waals surface area (Å²) in [5, 5.41) is 8.76. The van der Waals surface area contributed by atoms with Crippen LogP contribution in [0.4, 0.5) is 17.6 Å². The molecule has 5 aromatic rings. The second-order valence-electron chi connectivity index (χ2n) is 9.50. The summed E-state index contributed by atoms with van der Waals surface area (Å²) in [7, 11) is 0. The average Bonchev–Trinajstić information content (AvgIpc) is 3.02. The molecule has 0 radical (unpaired) electrons. The molecule has 0 aliphatic rings. The van der Waals surface area contributed by atoms with E-state index in [-0.39, 0.29) is 6.61 Å². The highest BCUT2D eigenvalue weighted by Crippen LogP contribution is 2.30. The molecule has 4 nitrogen and oxygen atoms in total. The standard InChI is InChI=1S/C35H24F4O4/c36-31-15-9-26(19-33(31)38)22-1-5-24(6-2-22)30(17-18-42-28-11-13-29(14-12-28)43-21-35(40)41)25-7-3-23(4-8-25)27-10-16-32(37)34(39)20-27/h1-17,19-20H,18,21H2,(H,40,41). The van der Waals surface area contributed by atoms with Crippen LogP contribution in [0, 0.1) is 23.3 Å². The van der Waals surface area contributed by atoms with Crippen molar-refractivity contribution in [3.05, 3.63) is 150 Å². The number of aliphatic carboxylic acids is 1. The van der Waals surface area contributed by atoms with Crippen molar-refractivity contribution in [1.29, 1.82) is 0 Å². The van der Waals surface area contributed by atoms with Crippen molar-refractivity contribution in [3.8, 4) is 33.8 Å². The number of ether oxygens (including phenoxy) is 2. The van der Waals surface area contributed by atoms with Crippen LogP contribution in [0.25, 0.3) is 27.8 Å². The van der Waals surface area contributed by atoms with Gasteiger partial charge in [0.1, 0.15) is 18.1 Å². The molecule has 0 aliphatic carbocycles. The Morgan fingerprint density at radius 2 is 0.977 bits per heavy atom. The first-order chi connectivity index (χ1) is 20.8. The summed E-state index contributed by atoms with van der Waals surface area (Å²) < 4.78 is 65.5. The summed E-state index contributed by atoms with van der Waals surface area (Å²) in [6, 6.07) is 28.7. The van der Waals surface area contributed by atoms with Gasteiger partial charge in [0.2, 0.25) is 0 Å². The van der Waals surface area contributed by atoms with Crippen LogP contribution in [0.1, 0.15) is 11.1 Å². The molecule has 0 bridgehead atoms. The number of rotatable bonds is 10. The summed E-state index contributed by atoms with van der Waals surface area (Å²) in [5.41, 5.74) is 4.95. The van der Waals surface area contributed by atoms with Gasteiger partial charge in [0.15, 0.2) is 29.9 Å². The first kappa shape index (κ1) is 29.1. The van der Waals surface area contributed by atoms with Gasteiger partial charge in [-0.25, -0.2) is 22.4 Å². The van der Waals surface area contributed by atoms with Crippen LogP contribution < -0.4 is 9.47 Å². The summed E-state index contributed by atoms with van der Waals surface area (Å²) in [6.45, 7) is -0.267. The Labute approximate surface area is 245 Å². The second-order valence-corrected chi connectivity index (χ2v) is 9.50. The van der Waals surface area contributed by atoms with Crippen molar-refractivity contribution in [2.75, 3.05) is 13.2 Å². The van der Waals surface area contributed by atoms with Crippen LogP contribution in [0.2, 0.25) is 0 Å². The SMILES string of the molecule is O=C(O)COc1ccc(OCC=C(c2ccc(-c3ccc(F)c(F)c3)cc2)c2ccc(-c3ccc(F)c(F)c3)cc2)cc1. The van der Waals surface area contributed by atoms with Gasteiger partial charge in [0, 0.05) is 0 Å². The Morgan fingerprint density at radius 1 is 0.558 bits per heavy atom. The molecule has 43 heavy (non-hydrogen) atoms. The molecule has 0 saturated heterocycles. The lowest BCUT2D eigenvalue weighted by molar-refractivity contribution is -0.139. The van der Waals surface area contributed by atoms with Crippen LogP contribution in [0.15, 0.2) is 115 Å². The first-order valence-corrected chi connectivity index (χ1v) is 13.2. The average molecular weight is 585 g/mol. The van der Waals surface area contributed by atoms with E-state index in [1.54, 1.807) is 24.3 Å². The van der Waals surface area contributed by atoms with Gasteiger partial charge in [0.25, 0.3) is 0 Å². The monoisotopic (exact) mass is 584 g/mol. The van der Waals surface area contributed by atoms with Gasteiger partial charge < -0.3 is 14.6 Å². The van der Waals surface area contributed by atoms with E-state index >= 15 is 0 Å². The minimum atomic E-state index is -1.08. The Morgan fingerprint density at radius 3 is 1.40 bits per heavy atom.